The van der Waals surface area contributed by atoms with E-state index in [1.807, 2.05) is 25.1 Å². The predicted molar refractivity (Wildman–Crippen MR) is 121 cm³/mol. The van der Waals surface area contributed by atoms with Crippen molar-refractivity contribution in [1.82, 2.24) is 0 Å². The minimum Gasteiger partial charge on any atom is -0.455 e. The van der Waals surface area contributed by atoms with Crippen molar-refractivity contribution in [3.05, 3.63) is 68.7 Å². The largest absolute Gasteiger partial charge is 0.455 e. The van der Waals surface area contributed by atoms with Gasteiger partial charge in [-0.1, -0.05) is 25.1 Å². The predicted octanol–water partition coefficient (Wildman–Crippen LogP) is 3.91. The number of anilines is 4. The second-order valence-corrected chi connectivity index (χ2v) is 7.81. The maximum absolute atomic E-state index is 13.3. The normalized spacial score (nSPS) is 12.5. The molecule has 0 unspecified atom stereocenters. The number of carbonyl (C=O) groups is 2. The van der Waals surface area contributed by atoms with E-state index in [2.05, 4.69) is 15.9 Å². The van der Waals surface area contributed by atoms with Gasteiger partial charge in [0.05, 0.1) is 33.6 Å². The zero-order valence-corrected chi connectivity index (χ0v) is 17.7. The summed E-state index contributed by atoms with van der Waals surface area (Å²) in [5.41, 5.74) is 25.9. The van der Waals surface area contributed by atoms with Gasteiger partial charge < -0.3 is 27.7 Å². The number of aryl methyl sites for hydroxylation is 1. The lowest BCUT2D eigenvalue weighted by Crippen LogP contribution is -2.26. The van der Waals surface area contributed by atoms with Gasteiger partial charge in [-0.15, -0.1) is 0 Å². The first kappa shape index (κ1) is 19.8. The Morgan fingerprint density at radius 2 is 1.37 bits per heavy atom. The Balaban J connectivity index is 1.93. The van der Waals surface area contributed by atoms with Gasteiger partial charge in [-0.05, 0) is 40.0 Å². The Morgan fingerprint density at radius 1 is 0.800 bits per heavy atom. The molecule has 0 atom stereocenters. The summed E-state index contributed by atoms with van der Waals surface area (Å²) in [5.74, 6) is -0.237. The fourth-order valence-corrected chi connectivity index (χ4v) is 4.13. The SMILES string of the molecule is CCc1ccccc1Oc1cc(N)c2c(c1N)C(=O)c1c(N)cc(Br)c(N)c1C2=O. The summed E-state index contributed by atoms with van der Waals surface area (Å²) in [7, 11) is 0. The molecule has 152 valence electrons. The van der Waals surface area contributed by atoms with Crippen LogP contribution in [0.15, 0.2) is 40.9 Å². The van der Waals surface area contributed by atoms with E-state index >= 15 is 0 Å². The highest BCUT2D eigenvalue weighted by molar-refractivity contribution is 9.10. The monoisotopic (exact) mass is 466 g/mol. The number of ether oxygens (including phenoxy) is 1. The molecular weight excluding hydrogens is 448 g/mol. The van der Waals surface area contributed by atoms with Crippen LogP contribution in [0.1, 0.15) is 44.3 Å². The van der Waals surface area contributed by atoms with E-state index in [9.17, 15) is 9.59 Å². The van der Waals surface area contributed by atoms with Crippen LogP contribution in [0.5, 0.6) is 11.5 Å². The number of halogens is 1. The molecule has 0 fully saturated rings. The average Bonchev–Trinajstić information content (AvgIpc) is 2.71. The summed E-state index contributed by atoms with van der Waals surface area (Å²) in [4.78, 5) is 26.6. The van der Waals surface area contributed by atoms with Crippen molar-refractivity contribution < 1.29 is 14.3 Å². The third-order valence-corrected chi connectivity index (χ3v) is 5.85. The Labute approximate surface area is 181 Å². The smallest absolute Gasteiger partial charge is 0.198 e. The molecule has 1 aliphatic rings. The maximum atomic E-state index is 13.3. The van der Waals surface area contributed by atoms with Crippen LogP contribution < -0.4 is 27.7 Å². The summed E-state index contributed by atoms with van der Waals surface area (Å²) in [6.07, 6.45) is 0.742. The van der Waals surface area contributed by atoms with E-state index in [4.69, 9.17) is 27.7 Å². The summed E-state index contributed by atoms with van der Waals surface area (Å²) >= 11 is 3.26. The highest BCUT2D eigenvalue weighted by Gasteiger charge is 2.38. The van der Waals surface area contributed by atoms with Gasteiger partial charge in [0.15, 0.2) is 17.3 Å². The summed E-state index contributed by atoms with van der Waals surface area (Å²) < 4.78 is 6.41. The molecule has 0 spiro atoms. The van der Waals surface area contributed by atoms with Crippen LogP contribution in [-0.4, -0.2) is 11.6 Å². The standard InChI is InChI=1S/C22H19BrN4O3/c1-2-9-5-3-4-6-13(9)30-14-8-12(25)16-18(20(14)27)22(29)15-11(24)7-10(23)19(26)17(15)21(16)28/h3-8H,2,24-27H2,1H3. The van der Waals surface area contributed by atoms with E-state index in [0.717, 1.165) is 12.0 Å². The lowest BCUT2D eigenvalue weighted by Gasteiger charge is -2.25. The second-order valence-electron chi connectivity index (χ2n) is 6.96. The molecule has 0 aromatic heterocycles. The van der Waals surface area contributed by atoms with Crippen molar-refractivity contribution in [2.45, 2.75) is 13.3 Å². The number of para-hydroxylation sites is 1. The maximum Gasteiger partial charge on any atom is 0.198 e. The first-order valence-corrected chi connectivity index (χ1v) is 10.00. The molecule has 8 heteroatoms. The molecule has 0 amide bonds. The zero-order valence-electron chi connectivity index (χ0n) is 16.1. The average molecular weight is 467 g/mol. The van der Waals surface area contributed by atoms with Gasteiger partial charge in [-0.25, -0.2) is 0 Å². The van der Waals surface area contributed by atoms with Crippen molar-refractivity contribution in [1.29, 1.82) is 0 Å². The van der Waals surface area contributed by atoms with Crippen molar-refractivity contribution in [2.24, 2.45) is 0 Å². The van der Waals surface area contributed by atoms with E-state index in [1.54, 1.807) is 6.07 Å². The number of ketones is 2. The van der Waals surface area contributed by atoms with Crippen molar-refractivity contribution in [3.63, 3.8) is 0 Å². The second kappa shape index (κ2) is 7.07. The Morgan fingerprint density at radius 3 is 2.00 bits per heavy atom. The molecule has 0 radical (unpaired) electrons. The fourth-order valence-electron chi connectivity index (χ4n) is 3.69. The number of fused-ring (bicyclic) bond motifs is 2. The van der Waals surface area contributed by atoms with Gasteiger partial charge in [0.25, 0.3) is 0 Å². The first-order chi connectivity index (χ1) is 14.3. The van der Waals surface area contributed by atoms with E-state index in [1.165, 1.54) is 12.1 Å². The van der Waals surface area contributed by atoms with Gasteiger partial charge >= 0.3 is 0 Å². The Hall–Kier alpha value is -3.52. The topological polar surface area (TPSA) is 147 Å². The van der Waals surface area contributed by atoms with Crippen molar-refractivity contribution in [2.75, 3.05) is 22.9 Å². The molecule has 0 bridgehead atoms. The first-order valence-electron chi connectivity index (χ1n) is 9.20. The van der Waals surface area contributed by atoms with Gasteiger partial charge in [0.2, 0.25) is 0 Å². The molecule has 3 aromatic rings. The molecule has 3 aromatic carbocycles. The van der Waals surface area contributed by atoms with Crippen LogP contribution in [0.4, 0.5) is 22.7 Å². The molecule has 0 aliphatic heterocycles. The molecular formula is C22H19BrN4O3. The number of nitrogens with two attached hydrogens (primary N) is 4. The number of nitrogen functional groups attached to an aromatic ring is 4. The molecule has 7 nitrogen and oxygen atoms in total. The van der Waals surface area contributed by atoms with E-state index in [-0.39, 0.29) is 50.8 Å². The molecule has 0 saturated carbocycles. The van der Waals surface area contributed by atoms with Crippen LogP contribution >= 0.6 is 15.9 Å². The molecule has 8 N–H and O–H groups in total. The number of carbonyl (C=O) groups excluding carboxylic acids is 2. The molecule has 30 heavy (non-hydrogen) atoms. The van der Waals surface area contributed by atoms with Crippen LogP contribution in [0.3, 0.4) is 0 Å². The lowest BCUT2D eigenvalue weighted by molar-refractivity contribution is 0.0981. The third-order valence-electron chi connectivity index (χ3n) is 5.19. The van der Waals surface area contributed by atoms with E-state index in [0.29, 0.717) is 10.2 Å². The quantitative estimate of drug-likeness (QED) is 0.334. The van der Waals surface area contributed by atoms with Crippen molar-refractivity contribution >= 4 is 50.2 Å². The van der Waals surface area contributed by atoms with Gasteiger partial charge in [-0.3, -0.25) is 9.59 Å². The lowest BCUT2D eigenvalue weighted by atomic mass is 9.80. The van der Waals surface area contributed by atoms with Gasteiger partial charge in [0, 0.05) is 21.9 Å². The summed E-state index contributed by atoms with van der Waals surface area (Å²) in [5, 5.41) is 0. The molecule has 0 saturated heterocycles. The highest BCUT2D eigenvalue weighted by Crippen LogP contribution is 2.45. The van der Waals surface area contributed by atoms with Crippen LogP contribution in [-0.2, 0) is 6.42 Å². The minimum absolute atomic E-state index is 0.00493. The Kier molecular flexibility index (Phi) is 4.66. The van der Waals surface area contributed by atoms with Crippen LogP contribution in [0.25, 0.3) is 0 Å². The fraction of sp³-hybridized carbons (Fsp3) is 0.0909. The van der Waals surface area contributed by atoms with Gasteiger partial charge in [0.1, 0.15) is 5.75 Å². The van der Waals surface area contributed by atoms with Crippen LogP contribution in [0.2, 0.25) is 0 Å². The number of benzene rings is 3. The molecule has 0 heterocycles. The van der Waals surface area contributed by atoms with Crippen molar-refractivity contribution in [3.8, 4) is 11.5 Å². The molecule has 4 rings (SSSR count). The number of rotatable bonds is 3. The number of hydrogen-bond donors (Lipinski definition) is 4. The highest BCUT2D eigenvalue weighted by atomic mass is 79.9. The summed E-state index contributed by atoms with van der Waals surface area (Å²) in [6, 6.07) is 10.4. The van der Waals surface area contributed by atoms with E-state index < -0.39 is 11.6 Å². The minimum atomic E-state index is -0.519. The zero-order chi connectivity index (χ0) is 21.7. The summed E-state index contributed by atoms with van der Waals surface area (Å²) in [6.45, 7) is 2.00. The van der Waals surface area contributed by atoms with Gasteiger partial charge in [-0.2, -0.15) is 0 Å². The van der Waals surface area contributed by atoms with Crippen LogP contribution in [0, 0.1) is 0 Å². The number of hydrogen-bond acceptors (Lipinski definition) is 7. The Bertz CT molecular complexity index is 1250. The third kappa shape index (κ3) is 2.80. The molecule has 1 aliphatic carbocycles.